The number of furan rings is 1. The summed E-state index contributed by atoms with van der Waals surface area (Å²) in [6, 6.07) is 8.91. The highest BCUT2D eigenvalue weighted by molar-refractivity contribution is 7.99. The van der Waals surface area contributed by atoms with Gasteiger partial charge in [-0.15, -0.1) is 10.2 Å². The second kappa shape index (κ2) is 8.03. The number of ketones is 1. The van der Waals surface area contributed by atoms with Gasteiger partial charge in [0.25, 0.3) is 0 Å². The fourth-order valence-electron chi connectivity index (χ4n) is 3.24. The summed E-state index contributed by atoms with van der Waals surface area (Å²) >= 11 is 1.31. The van der Waals surface area contributed by atoms with Gasteiger partial charge in [0.05, 0.1) is 30.0 Å². The number of benzene rings is 1. The Morgan fingerprint density at radius 1 is 1.31 bits per heavy atom. The Balaban J connectivity index is 1.44. The summed E-state index contributed by atoms with van der Waals surface area (Å²) in [5.41, 5.74) is 2.14. The molecule has 1 aliphatic rings. The maximum atomic E-state index is 12.7. The van der Waals surface area contributed by atoms with Crippen molar-refractivity contribution in [1.82, 2.24) is 14.8 Å². The van der Waals surface area contributed by atoms with Crippen LogP contribution in [0.5, 0.6) is 0 Å². The molecule has 0 bridgehead atoms. The van der Waals surface area contributed by atoms with Gasteiger partial charge in [-0.2, -0.15) is 0 Å². The van der Waals surface area contributed by atoms with Crippen molar-refractivity contribution >= 4 is 33.3 Å². The van der Waals surface area contributed by atoms with E-state index in [1.807, 2.05) is 16.7 Å². The molecule has 0 aliphatic carbocycles. The van der Waals surface area contributed by atoms with E-state index in [1.165, 1.54) is 16.1 Å². The van der Waals surface area contributed by atoms with Crippen molar-refractivity contribution in [2.24, 2.45) is 0 Å². The molecule has 1 aliphatic heterocycles. The highest BCUT2D eigenvalue weighted by Gasteiger charge is 2.28. The Labute approximate surface area is 173 Å². The number of fused-ring (bicyclic) bond motifs is 1. The summed E-state index contributed by atoms with van der Waals surface area (Å²) in [6.07, 6.45) is 3.82. The molecule has 152 valence electrons. The number of hydrogen-bond donors (Lipinski definition) is 0. The zero-order chi connectivity index (χ0) is 20.4. The highest BCUT2D eigenvalue weighted by atomic mass is 32.2. The minimum atomic E-state index is -3.29. The van der Waals surface area contributed by atoms with Gasteiger partial charge >= 0.3 is 0 Å². The topological polar surface area (TPSA) is 98.3 Å². The molecule has 0 fully saturated rings. The molecule has 0 spiro atoms. The van der Waals surface area contributed by atoms with Crippen LogP contribution in [0.4, 0.5) is 5.69 Å². The van der Waals surface area contributed by atoms with Crippen molar-refractivity contribution in [2.75, 3.05) is 22.4 Å². The average molecular weight is 433 g/mol. The van der Waals surface area contributed by atoms with Gasteiger partial charge in [-0.05, 0) is 49.2 Å². The van der Waals surface area contributed by atoms with Crippen LogP contribution in [0.1, 0.15) is 28.6 Å². The predicted octanol–water partition coefficient (Wildman–Crippen LogP) is 2.61. The quantitative estimate of drug-likeness (QED) is 0.398. The molecular formula is C19H20N4O4S2. The maximum Gasteiger partial charge on any atom is 0.234 e. The highest BCUT2D eigenvalue weighted by Crippen LogP contribution is 2.31. The van der Waals surface area contributed by atoms with Crippen LogP contribution in [0, 0.1) is 0 Å². The van der Waals surface area contributed by atoms with Crippen LogP contribution in [0.15, 0.2) is 52.5 Å². The van der Waals surface area contributed by atoms with Gasteiger partial charge in [0.1, 0.15) is 12.1 Å². The minimum Gasteiger partial charge on any atom is -0.467 e. The van der Waals surface area contributed by atoms with E-state index in [9.17, 15) is 13.2 Å². The summed E-state index contributed by atoms with van der Waals surface area (Å²) in [5.74, 6) is 1.01. The molecule has 0 unspecified atom stereocenters. The van der Waals surface area contributed by atoms with Crippen LogP contribution in [-0.2, 0) is 23.0 Å². The van der Waals surface area contributed by atoms with E-state index in [2.05, 4.69) is 10.2 Å². The second-order valence-corrected chi connectivity index (χ2v) is 9.72. The fraction of sp³-hybridized carbons (Fsp3) is 0.316. The number of carbonyl (C=O) groups excluding carboxylic acids is 1. The van der Waals surface area contributed by atoms with Crippen LogP contribution < -0.4 is 4.31 Å². The zero-order valence-corrected chi connectivity index (χ0v) is 17.4. The largest absolute Gasteiger partial charge is 0.467 e. The number of hydrogen-bond acceptors (Lipinski definition) is 7. The van der Waals surface area contributed by atoms with Gasteiger partial charge in [-0.1, -0.05) is 11.8 Å². The first-order valence-corrected chi connectivity index (χ1v) is 11.8. The molecule has 0 saturated carbocycles. The van der Waals surface area contributed by atoms with Gasteiger partial charge in [0.2, 0.25) is 10.0 Å². The lowest BCUT2D eigenvalue weighted by atomic mass is 10.1. The van der Waals surface area contributed by atoms with E-state index in [-0.39, 0.29) is 17.3 Å². The van der Waals surface area contributed by atoms with Gasteiger partial charge < -0.3 is 8.98 Å². The van der Waals surface area contributed by atoms with Crippen molar-refractivity contribution in [3.8, 4) is 0 Å². The number of anilines is 1. The molecule has 1 aromatic carbocycles. The summed E-state index contributed by atoms with van der Waals surface area (Å²) in [7, 11) is -3.29. The number of aromatic nitrogens is 3. The Morgan fingerprint density at radius 3 is 2.93 bits per heavy atom. The lowest BCUT2D eigenvalue weighted by Crippen LogP contribution is -2.30. The SMILES string of the molecule is CCS(=O)(=O)N1CCc2cc(C(=O)CSc3nncn3Cc3ccco3)ccc21. The molecule has 3 aromatic rings. The number of nitrogens with zero attached hydrogens (tertiary/aromatic N) is 4. The molecule has 0 radical (unpaired) electrons. The molecule has 2 aromatic heterocycles. The van der Waals surface area contributed by atoms with Crippen molar-refractivity contribution < 1.29 is 17.6 Å². The first kappa shape index (κ1) is 19.7. The molecule has 10 heteroatoms. The van der Waals surface area contributed by atoms with Crippen molar-refractivity contribution in [3.05, 3.63) is 59.8 Å². The average Bonchev–Trinajstić information content (AvgIpc) is 3.47. The lowest BCUT2D eigenvalue weighted by Gasteiger charge is -2.18. The van der Waals surface area contributed by atoms with Crippen LogP contribution in [-0.4, -0.2) is 47.0 Å². The van der Waals surface area contributed by atoms with E-state index >= 15 is 0 Å². The summed E-state index contributed by atoms with van der Waals surface area (Å²) in [6.45, 7) is 2.55. The lowest BCUT2D eigenvalue weighted by molar-refractivity contribution is 0.102. The smallest absolute Gasteiger partial charge is 0.234 e. The predicted molar refractivity (Wildman–Crippen MR) is 110 cm³/mol. The minimum absolute atomic E-state index is 0.0397. The number of Topliss-reactive ketones (excluding diaryl/α,β-unsaturated/α-hetero) is 1. The van der Waals surface area contributed by atoms with Crippen molar-refractivity contribution in [1.29, 1.82) is 0 Å². The Hall–Kier alpha value is -2.59. The van der Waals surface area contributed by atoms with Gasteiger partial charge in [0, 0.05) is 12.1 Å². The van der Waals surface area contributed by atoms with E-state index < -0.39 is 10.0 Å². The maximum absolute atomic E-state index is 12.7. The van der Waals surface area contributed by atoms with E-state index in [0.717, 1.165) is 11.3 Å². The summed E-state index contributed by atoms with van der Waals surface area (Å²) in [4.78, 5) is 12.7. The molecule has 0 atom stereocenters. The Bertz CT molecular complexity index is 1120. The van der Waals surface area contributed by atoms with Gasteiger partial charge in [-0.25, -0.2) is 8.42 Å². The Kier molecular flexibility index (Phi) is 5.46. The third kappa shape index (κ3) is 4.08. The van der Waals surface area contributed by atoms with E-state index in [1.54, 1.807) is 37.7 Å². The summed E-state index contributed by atoms with van der Waals surface area (Å²) < 4.78 is 33.0. The number of sulfonamides is 1. The molecule has 4 rings (SSSR count). The van der Waals surface area contributed by atoms with Crippen molar-refractivity contribution in [3.63, 3.8) is 0 Å². The van der Waals surface area contributed by atoms with Crippen LogP contribution in [0.2, 0.25) is 0 Å². The molecular weight excluding hydrogens is 412 g/mol. The second-order valence-electron chi connectivity index (χ2n) is 6.60. The number of thioether (sulfide) groups is 1. The molecule has 8 nitrogen and oxygen atoms in total. The van der Waals surface area contributed by atoms with E-state index in [0.29, 0.717) is 35.9 Å². The third-order valence-corrected chi connectivity index (χ3v) is 7.53. The van der Waals surface area contributed by atoms with Crippen molar-refractivity contribution in [2.45, 2.75) is 25.0 Å². The molecule has 3 heterocycles. The molecule has 0 amide bonds. The summed E-state index contributed by atoms with van der Waals surface area (Å²) in [5, 5.41) is 8.63. The van der Waals surface area contributed by atoms with Crippen LogP contribution >= 0.6 is 11.8 Å². The van der Waals surface area contributed by atoms with Crippen LogP contribution in [0.25, 0.3) is 0 Å². The van der Waals surface area contributed by atoms with E-state index in [4.69, 9.17) is 4.42 Å². The molecule has 29 heavy (non-hydrogen) atoms. The first-order valence-electron chi connectivity index (χ1n) is 9.17. The monoisotopic (exact) mass is 432 g/mol. The molecule has 0 saturated heterocycles. The normalized spacial score (nSPS) is 13.6. The molecule has 0 N–H and O–H groups in total. The number of carbonyl (C=O) groups is 1. The first-order chi connectivity index (χ1) is 14.0. The standard InChI is InChI=1S/C19H20N4O4S2/c1-2-29(25,26)23-8-7-14-10-15(5-6-17(14)23)18(24)12-28-19-21-20-13-22(19)11-16-4-3-9-27-16/h3-6,9-10,13H,2,7-8,11-12H2,1H3. The zero-order valence-electron chi connectivity index (χ0n) is 15.8. The third-order valence-electron chi connectivity index (χ3n) is 4.77. The fourth-order valence-corrected chi connectivity index (χ4v) is 5.21. The Morgan fingerprint density at radius 2 is 2.17 bits per heavy atom. The van der Waals surface area contributed by atoms with Crippen LogP contribution in [0.3, 0.4) is 0 Å². The van der Waals surface area contributed by atoms with Gasteiger partial charge in [-0.3, -0.25) is 9.10 Å². The number of rotatable bonds is 8. The van der Waals surface area contributed by atoms with Gasteiger partial charge in [0.15, 0.2) is 10.9 Å².